The number of hydrogen-bond acceptors (Lipinski definition) is 4. The van der Waals surface area contributed by atoms with Crippen LogP contribution in [0.3, 0.4) is 0 Å². The minimum atomic E-state index is -1.18. The van der Waals surface area contributed by atoms with Crippen molar-refractivity contribution in [1.29, 1.82) is 5.26 Å². The summed E-state index contributed by atoms with van der Waals surface area (Å²) in [6, 6.07) is 12.2. The number of halogens is 2. The number of nitrogens with zero attached hydrogens (tertiary/aromatic N) is 1. The second kappa shape index (κ2) is 7.70. The first-order valence-electron chi connectivity index (χ1n) is 7.52. The van der Waals surface area contributed by atoms with E-state index in [0.29, 0.717) is 11.1 Å². The quantitative estimate of drug-likeness (QED) is 0.582. The Morgan fingerprint density at radius 3 is 2.48 bits per heavy atom. The van der Waals surface area contributed by atoms with Crippen LogP contribution in [0.2, 0.25) is 0 Å². The van der Waals surface area contributed by atoms with Crippen molar-refractivity contribution in [2.45, 2.75) is 0 Å². The molecule has 8 heteroatoms. The van der Waals surface area contributed by atoms with Crippen LogP contribution in [0.25, 0.3) is 11.1 Å². The summed E-state index contributed by atoms with van der Waals surface area (Å²) in [6.45, 7) is 0. The molecule has 27 heavy (non-hydrogen) atoms. The Kier molecular flexibility index (Phi) is 5.35. The number of thiophene rings is 1. The fourth-order valence-electron chi connectivity index (χ4n) is 2.43. The van der Waals surface area contributed by atoms with Gasteiger partial charge in [0.1, 0.15) is 22.5 Å². The van der Waals surface area contributed by atoms with Gasteiger partial charge in [0, 0.05) is 21.0 Å². The summed E-state index contributed by atoms with van der Waals surface area (Å²) in [5.74, 6) is -2.66. The molecule has 0 atom stereocenters. The average molecular weight is 445 g/mol. The summed E-state index contributed by atoms with van der Waals surface area (Å²) in [7, 11) is 0. The first-order chi connectivity index (χ1) is 12.9. The lowest BCUT2D eigenvalue weighted by atomic mass is 10.0. The van der Waals surface area contributed by atoms with Crippen LogP contribution in [0.5, 0.6) is 0 Å². The molecule has 0 fully saturated rings. The van der Waals surface area contributed by atoms with Gasteiger partial charge in [0.15, 0.2) is 0 Å². The molecular formula is C19H10BrFN2O3S. The maximum Gasteiger partial charge on any atom is 0.339 e. The Bertz CT molecular complexity index is 1090. The van der Waals surface area contributed by atoms with Crippen LogP contribution in [0, 0.1) is 17.1 Å². The molecule has 1 heterocycles. The maximum absolute atomic E-state index is 13.7. The van der Waals surface area contributed by atoms with Crippen molar-refractivity contribution < 1.29 is 19.1 Å². The number of aromatic carboxylic acids is 1. The van der Waals surface area contributed by atoms with Crippen LogP contribution >= 0.6 is 27.3 Å². The number of nitriles is 1. The number of carbonyl (C=O) groups is 2. The van der Waals surface area contributed by atoms with E-state index >= 15 is 0 Å². The summed E-state index contributed by atoms with van der Waals surface area (Å²) in [5, 5.41) is 22.7. The van der Waals surface area contributed by atoms with E-state index in [1.807, 2.05) is 0 Å². The molecule has 0 unspecified atom stereocenters. The maximum atomic E-state index is 13.7. The van der Waals surface area contributed by atoms with E-state index in [1.165, 1.54) is 12.1 Å². The number of carbonyl (C=O) groups excluding carboxylic acids is 1. The molecule has 1 amide bonds. The Morgan fingerprint density at radius 2 is 1.89 bits per heavy atom. The van der Waals surface area contributed by atoms with Gasteiger partial charge in [0.2, 0.25) is 0 Å². The number of amides is 1. The van der Waals surface area contributed by atoms with Gasteiger partial charge in [0.25, 0.3) is 5.91 Å². The topological polar surface area (TPSA) is 90.2 Å². The number of carboxylic acids is 1. The SMILES string of the molecule is N#Cc1ccc(C(=O)Nc2scc(-c3ccc(Br)cc3)c2C(=O)O)cc1F. The van der Waals surface area contributed by atoms with Gasteiger partial charge in [-0.1, -0.05) is 28.1 Å². The zero-order chi connectivity index (χ0) is 19.6. The minimum absolute atomic E-state index is 0.0126. The van der Waals surface area contributed by atoms with Crippen LogP contribution in [0.1, 0.15) is 26.3 Å². The largest absolute Gasteiger partial charge is 0.478 e. The molecule has 2 aromatic carbocycles. The van der Waals surface area contributed by atoms with Gasteiger partial charge in [-0.3, -0.25) is 4.79 Å². The Labute approximate surface area is 165 Å². The molecule has 0 aliphatic heterocycles. The van der Waals surface area contributed by atoms with Crippen molar-refractivity contribution in [3.63, 3.8) is 0 Å². The molecule has 0 saturated carbocycles. The van der Waals surface area contributed by atoms with Crippen LogP contribution in [-0.2, 0) is 0 Å². The highest BCUT2D eigenvalue weighted by atomic mass is 79.9. The molecule has 3 rings (SSSR count). The van der Waals surface area contributed by atoms with Crippen molar-refractivity contribution in [3.05, 3.63) is 74.8 Å². The number of benzene rings is 2. The van der Waals surface area contributed by atoms with Gasteiger partial charge < -0.3 is 10.4 Å². The molecule has 2 N–H and O–H groups in total. The van der Waals surface area contributed by atoms with Crippen molar-refractivity contribution in [2.75, 3.05) is 5.32 Å². The van der Waals surface area contributed by atoms with E-state index in [4.69, 9.17) is 5.26 Å². The van der Waals surface area contributed by atoms with Gasteiger partial charge >= 0.3 is 5.97 Å². The third kappa shape index (κ3) is 3.89. The first kappa shape index (κ1) is 18.8. The average Bonchev–Trinajstić information content (AvgIpc) is 3.06. The summed E-state index contributed by atoms with van der Waals surface area (Å²) in [4.78, 5) is 24.1. The molecule has 0 spiro atoms. The van der Waals surface area contributed by atoms with Crippen LogP contribution in [0.4, 0.5) is 9.39 Å². The lowest BCUT2D eigenvalue weighted by Crippen LogP contribution is -2.14. The Balaban J connectivity index is 1.94. The van der Waals surface area contributed by atoms with Crippen molar-refractivity contribution in [1.82, 2.24) is 0 Å². The standard InChI is InChI=1S/C19H10BrFN2O3S/c20-13-5-3-10(4-6-13)14-9-27-18(16(14)19(25)26)23-17(24)11-1-2-12(8-22)15(21)7-11/h1-7,9H,(H,23,24)(H,25,26). The zero-order valence-electron chi connectivity index (χ0n) is 13.5. The number of anilines is 1. The van der Waals surface area contributed by atoms with E-state index < -0.39 is 17.7 Å². The molecule has 0 aliphatic rings. The lowest BCUT2D eigenvalue weighted by Gasteiger charge is -2.07. The van der Waals surface area contributed by atoms with Gasteiger partial charge in [-0.2, -0.15) is 5.26 Å². The third-order valence-corrected chi connectivity index (χ3v) is 5.16. The third-order valence-electron chi connectivity index (χ3n) is 3.74. The number of nitrogens with one attached hydrogen (secondary N) is 1. The Morgan fingerprint density at radius 1 is 1.19 bits per heavy atom. The summed E-state index contributed by atoms with van der Waals surface area (Å²) in [5.41, 5.74) is 0.940. The highest BCUT2D eigenvalue weighted by Crippen LogP contribution is 2.36. The van der Waals surface area contributed by atoms with Crippen LogP contribution < -0.4 is 5.32 Å². The van der Waals surface area contributed by atoms with Gasteiger partial charge in [-0.15, -0.1) is 11.3 Å². The lowest BCUT2D eigenvalue weighted by molar-refractivity contribution is 0.0699. The number of carboxylic acid groups (broad SMARTS) is 1. The van der Waals surface area contributed by atoms with Gasteiger partial charge in [0.05, 0.1) is 5.56 Å². The fraction of sp³-hybridized carbons (Fsp3) is 0. The molecule has 0 aliphatic carbocycles. The van der Waals surface area contributed by atoms with E-state index in [2.05, 4.69) is 21.2 Å². The van der Waals surface area contributed by atoms with Gasteiger partial charge in [-0.05, 0) is 35.9 Å². The molecular weight excluding hydrogens is 435 g/mol. The van der Waals surface area contributed by atoms with Crippen LogP contribution in [0.15, 0.2) is 52.3 Å². The summed E-state index contributed by atoms with van der Waals surface area (Å²) >= 11 is 4.39. The number of rotatable bonds is 4. The molecule has 0 saturated heterocycles. The highest BCUT2D eigenvalue weighted by molar-refractivity contribution is 9.10. The summed E-state index contributed by atoms with van der Waals surface area (Å²) in [6.07, 6.45) is 0. The highest BCUT2D eigenvalue weighted by Gasteiger charge is 2.22. The van der Waals surface area contributed by atoms with Gasteiger partial charge in [-0.25, -0.2) is 9.18 Å². The predicted octanol–water partition coefficient (Wildman–Crippen LogP) is 5.14. The van der Waals surface area contributed by atoms with E-state index in [0.717, 1.165) is 21.9 Å². The second-order valence-corrected chi connectivity index (χ2v) is 7.22. The van der Waals surface area contributed by atoms with Crippen molar-refractivity contribution >= 4 is 44.1 Å². The van der Waals surface area contributed by atoms with Crippen molar-refractivity contribution in [3.8, 4) is 17.2 Å². The molecule has 3 aromatic rings. The second-order valence-electron chi connectivity index (χ2n) is 5.43. The minimum Gasteiger partial charge on any atom is -0.478 e. The molecule has 0 radical (unpaired) electrons. The monoisotopic (exact) mass is 444 g/mol. The van der Waals surface area contributed by atoms with E-state index in [9.17, 15) is 19.1 Å². The Hall–Kier alpha value is -3.02. The van der Waals surface area contributed by atoms with Crippen molar-refractivity contribution in [2.24, 2.45) is 0 Å². The molecule has 0 bridgehead atoms. The summed E-state index contributed by atoms with van der Waals surface area (Å²) < 4.78 is 14.6. The zero-order valence-corrected chi connectivity index (χ0v) is 15.9. The predicted molar refractivity (Wildman–Crippen MR) is 103 cm³/mol. The van der Waals surface area contributed by atoms with E-state index in [1.54, 1.807) is 35.7 Å². The van der Waals surface area contributed by atoms with Crippen LogP contribution in [-0.4, -0.2) is 17.0 Å². The molecule has 1 aromatic heterocycles. The smallest absolute Gasteiger partial charge is 0.339 e. The number of hydrogen-bond donors (Lipinski definition) is 2. The fourth-order valence-corrected chi connectivity index (χ4v) is 3.65. The molecule has 5 nitrogen and oxygen atoms in total. The normalized spacial score (nSPS) is 10.3. The molecule has 134 valence electrons. The van der Waals surface area contributed by atoms with E-state index in [-0.39, 0.29) is 21.7 Å². The first-order valence-corrected chi connectivity index (χ1v) is 9.19.